The summed E-state index contributed by atoms with van der Waals surface area (Å²) in [4.78, 5) is 11.8. The number of hydrogen-bond donors (Lipinski definition) is 1. The fourth-order valence-corrected chi connectivity index (χ4v) is 2.47. The third-order valence-corrected chi connectivity index (χ3v) is 3.76. The largest absolute Gasteiger partial charge is 0.444 e. The molecule has 0 aliphatic carbocycles. The topological polar surface area (TPSA) is 56.2 Å². The number of aromatic nitrogens is 2. The highest BCUT2D eigenvalue weighted by Crippen LogP contribution is 2.19. The average Bonchev–Trinajstić information content (AvgIpc) is 3.00. The van der Waals surface area contributed by atoms with Gasteiger partial charge in [-0.15, -0.1) is 0 Å². The Bertz CT molecular complexity index is 852. The third-order valence-electron chi connectivity index (χ3n) is 3.20. The van der Waals surface area contributed by atoms with E-state index in [0.717, 1.165) is 9.13 Å². The molecule has 0 saturated heterocycles. The highest BCUT2D eigenvalue weighted by atomic mass is 127. The first kappa shape index (κ1) is 16.4. The van der Waals surface area contributed by atoms with Crippen molar-refractivity contribution in [3.8, 4) is 5.69 Å². The van der Waals surface area contributed by atoms with Gasteiger partial charge in [0.15, 0.2) is 5.82 Å². The van der Waals surface area contributed by atoms with E-state index in [9.17, 15) is 9.18 Å². The number of ether oxygens (including phenoxy) is 1. The number of rotatable bonds is 4. The van der Waals surface area contributed by atoms with Crippen molar-refractivity contribution in [2.24, 2.45) is 0 Å². The van der Waals surface area contributed by atoms with E-state index < -0.39 is 11.9 Å². The normalized spacial score (nSPS) is 10.4. The van der Waals surface area contributed by atoms with Crippen LogP contribution in [-0.4, -0.2) is 15.9 Å². The Kier molecular flexibility index (Phi) is 5.09. The zero-order chi connectivity index (χ0) is 16.9. The van der Waals surface area contributed by atoms with Crippen LogP contribution < -0.4 is 5.32 Å². The molecule has 0 radical (unpaired) electrons. The lowest BCUT2D eigenvalue weighted by Crippen LogP contribution is -2.14. The maximum Gasteiger partial charge on any atom is 0.411 e. The van der Waals surface area contributed by atoms with Gasteiger partial charge in [-0.1, -0.05) is 30.3 Å². The molecule has 0 fully saturated rings. The van der Waals surface area contributed by atoms with Crippen LogP contribution in [-0.2, 0) is 11.3 Å². The number of nitrogens with zero attached hydrogens (tertiary/aromatic N) is 2. The second kappa shape index (κ2) is 7.43. The number of hydrogen-bond acceptors (Lipinski definition) is 3. The molecule has 1 heterocycles. The van der Waals surface area contributed by atoms with Gasteiger partial charge in [0, 0.05) is 11.9 Å². The molecule has 0 aliphatic rings. The third kappa shape index (κ3) is 4.10. The molecular formula is C17H13FIN3O2. The minimum absolute atomic E-state index is 0.152. The van der Waals surface area contributed by atoms with E-state index in [1.807, 2.05) is 30.3 Å². The Hall–Kier alpha value is -2.42. The molecule has 0 spiro atoms. The van der Waals surface area contributed by atoms with Crippen LogP contribution in [0.4, 0.5) is 14.9 Å². The Morgan fingerprint density at radius 2 is 2.04 bits per heavy atom. The summed E-state index contributed by atoms with van der Waals surface area (Å²) in [6.07, 6.45) is 2.70. The molecule has 7 heteroatoms. The van der Waals surface area contributed by atoms with Gasteiger partial charge in [0.25, 0.3) is 0 Å². The van der Waals surface area contributed by atoms with Crippen molar-refractivity contribution in [3.63, 3.8) is 0 Å². The van der Waals surface area contributed by atoms with Gasteiger partial charge < -0.3 is 4.74 Å². The minimum Gasteiger partial charge on any atom is -0.444 e. The van der Waals surface area contributed by atoms with Crippen LogP contribution in [0.3, 0.4) is 0 Å². The van der Waals surface area contributed by atoms with Crippen LogP contribution >= 0.6 is 22.6 Å². The standard InChI is InChI=1S/C17H13FIN3O2/c18-15-8-14(6-7-16(15)22-10-13(19)9-20-22)21-17(23)24-11-12-4-2-1-3-5-12/h1-10H,11H2,(H,21,23). The van der Waals surface area contributed by atoms with Crippen LogP contribution in [0.1, 0.15) is 5.56 Å². The Morgan fingerprint density at radius 1 is 1.25 bits per heavy atom. The summed E-state index contributed by atoms with van der Waals surface area (Å²) in [5.41, 5.74) is 1.50. The van der Waals surface area contributed by atoms with E-state index in [0.29, 0.717) is 11.4 Å². The molecule has 0 aliphatic heterocycles. The van der Waals surface area contributed by atoms with Gasteiger partial charge in [-0.2, -0.15) is 5.10 Å². The van der Waals surface area contributed by atoms with Gasteiger partial charge in [-0.25, -0.2) is 13.9 Å². The first-order chi connectivity index (χ1) is 11.6. The second-order valence-corrected chi connectivity index (χ2v) is 6.20. The summed E-state index contributed by atoms with van der Waals surface area (Å²) in [5.74, 6) is -0.490. The summed E-state index contributed by atoms with van der Waals surface area (Å²) in [6, 6.07) is 13.7. The summed E-state index contributed by atoms with van der Waals surface area (Å²) in [7, 11) is 0. The fourth-order valence-electron chi connectivity index (χ4n) is 2.08. The predicted octanol–water partition coefficient (Wildman–Crippen LogP) is 4.36. The van der Waals surface area contributed by atoms with Gasteiger partial charge in [0.2, 0.25) is 0 Å². The summed E-state index contributed by atoms with van der Waals surface area (Å²) < 4.78 is 21.6. The van der Waals surface area contributed by atoms with E-state index >= 15 is 0 Å². The zero-order valence-corrected chi connectivity index (χ0v) is 14.6. The molecule has 1 N–H and O–H groups in total. The lowest BCUT2D eigenvalue weighted by atomic mass is 10.2. The van der Waals surface area contributed by atoms with E-state index in [1.54, 1.807) is 24.5 Å². The molecule has 3 aromatic rings. The van der Waals surface area contributed by atoms with Crippen LogP contribution in [0.5, 0.6) is 0 Å². The lowest BCUT2D eigenvalue weighted by molar-refractivity contribution is 0.155. The SMILES string of the molecule is O=C(Nc1ccc(-n2cc(I)cn2)c(F)c1)OCc1ccccc1. The highest BCUT2D eigenvalue weighted by Gasteiger charge is 2.09. The van der Waals surface area contributed by atoms with Crippen LogP contribution in [0.2, 0.25) is 0 Å². The molecule has 122 valence electrons. The maximum absolute atomic E-state index is 14.2. The molecule has 24 heavy (non-hydrogen) atoms. The molecule has 0 atom stereocenters. The van der Waals surface area contributed by atoms with Crippen LogP contribution in [0, 0.1) is 9.39 Å². The number of amides is 1. The average molecular weight is 437 g/mol. The van der Waals surface area contributed by atoms with Crippen molar-refractivity contribution in [1.82, 2.24) is 9.78 Å². The van der Waals surface area contributed by atoms with E-state index in [-0.39, 0.29) is 6.61 Å². The number of benzene rings is 2. The first-order valence-corrected chi connectivity index (χ1v) is 8.17. The van der Waals surface area contributed by atoms with Gasteiger partial charge in [-0.3, -0.25) is 5.32 Å². The summed E-state index contributed by atoms with van der Waals surface area (Å²) >= 11 is 2.10. The predicted molar refractivity (Wildman–Crippen MR) is 96.5 cm³/mol. The van der Waals surface area contributed by atoms with Crippen molar-refractivity contribution in [2.75, 3.05) is 5.32 Å². The smallest absolute Gasteiger partial charge is 0.411 e. The Balaban J connectivity index is 1.63. The van der Waals surface area contributed by atoms with Crippen molar-refractivity contribution in [1.29, 1.82) is 0 Å². The summed E-state index contributed by atoms with van der Waals surface area (Å²) in [6.45, 7) is 0.152. The van der Waals surface area contributed by atoms with Crippen molar-refractivity contribution in [2.45, 2.75) is 6.61 Å². The van der Waals surface area contributed by atoms with E-state index in [1.165, 1.54) is 10.7 Å². The molecule has 1 amide bonds. The number of anilines is 1. The zero-order valence-electron chi connectivity index (χ0n) is 12.4. The molecule has 0 bridgehead atoms. The molecular weight excluding hydrogens is 424 g/mol. The van der Waals surface area contributed by atoms with Gasteiger partial charge in [0.1, 0.15) is 12.3 Å². The van der Waals surface area contributed by atoms with Gasteiger partial charge >= 0.3 is 6.09 Å². The maximum atomic E-state index is 14.2. The van der Waals surface area contributed by atoms with Gasteiger partial charge in [0.05, 0.1) is 9.77 Å². The lowest BCUT2D eigenvalue weighted by Gasteiger charge is -2.09. The number of nitrogens with one attached hydrogen (secondary N) is 1. The second-order valence-electron chi connectivity index (χ2n) is 4.96. The quantitative estimate of drug-likeness (QED) is 0.618. The minimum atomic E-state index is -0.639. The summed E-state index contributed by atoms with van der Waals surface area (Å²) in [5, 5.41) is 6.56. The molecule has 0 saturated carbocycles. The molecule has 2 aromatic carbocycles. The van der Waals surface area contributed by atoms with Crippen molar-refractivity contribution < 1.29 is 13.9 Å². The molecule has 0 unspecified atom stereocenters. The fraction of sp³-hybridized carbons (Fsp3) is 0.0588. The molecule has 3 rings (SSSR count). The van der Waals surface area contributed by atoms with Crippen LogP contribution in [0.15, 0.2) is 60.9 Å². The molecule has 1 aromatic heterocycles. The number of halogens is 2. The highest BCUT2D eigenvalue weighted by molar-refractivity contribution is 14.1. The van der Waals surface area contributed by atoms with Crippen molar-refractivity contribution in [3.05, 3.63) is 75.9 Å². The Morgan fingerprint density at radius 3 is 2.71 bits per heavy atom. The van der Waals surface area contributed by atoms with Crippen molar-refractivity contribution >= 4 is 34.4 Å². The van der Waals surface area contributed by atoms with Gasteiger partial charge in [-0.05, 0) is 46.4 Å². The monoisotopic (exact) mass is 437 g/mol. The molecule has 5 nitrogen and oxygen atoms in total. The number of carbonyl (C=O) groups is 1. The van der Waals surface area contributed by atoms with Crippen LogP contribution in [0.25, 0.3) is 5.69 Å². The Labute approximate surface area is 151 Å². The van der Waals surface area contributed by atoms with E-state index in [2.05, 4.69) is 33.0 Å². The first-order valence-electron chi connectivity index (χ1n) is 7.09. The number of carbonyl (C=O) groups excluding carboxylic acids is 1. The van der Waals surface area contributed by atoms with E-state index in [4.69, 9.17) is 4.74 Å².